The fraction of sp³-hybridized carbons (Fsp3) is 0.440. The van der Waals surface area contributed by atoms with Crippen LogP contribution in [0.2, 0.25) is 0 Å². The monoisotopic (exact) mass is 463 g/mol. The Balaban J connectivity index is 1.38. The predicted octanol–water partition coefficient (Wildman–Crippen LogP) is 4.40. The van der Waals surface area contributed by atoms with E-state index in [9.17, 15) is 9.59 Å². The smallest absolute Gasteiger partial charge is 0.257 e. The van der Waals surface area contributed by atoms with E-state index in [1.54, 1.807) is 6.20 Å². The molecule has 2 aromatic heterocycles. The van der Waals surface area contributed by atoms with Crippen LogP contribution in [0.1, 0.15) is 47.3 Å². The number of rotatable bonds is 4. The summed E-state index contributed by atoms with van der Waals surface area (Å²) >= 11 is 1.38. The number of aryl methyl sites for hydroxylation is 2. The molecule has 172 valence electrons. The molecule has 1 N–H and O–H groups in total. The van der Waals surface area contributed by atoms with Gasteiger partial charge in [0.25, 0.3) is 5.91 Å². The lowest BCUT2D eigenvalue weighted by atomic mass is 9.94. The average Bonchev–Trinajstić information content (AvgIpc) is 3.50. The number of benzene rings is 1. The van der Waals surface area contributed by atoms with Crippen LogP contribution in [0.4, 0.5) is 11.4 Å². The lowest BCUT2D eigenvalue weighted by Crippen LogP contribution is -2.39. The molecule has 0 bridgehead atoms. The fourth-order valence-electron chi connectivity index (χ4n) is 4.93. The van der Waals surface area contributed by atoms with Crippen LogP contribution in [0.25, 0.3) is 10.2 Å². The summed E-state index contributed by atoms with van der Waals surface area (Å²) in [6.07, 6.45) is 5.33. The Hall–Kier alpha value is -3.00. The van der Waals surface area contributed by atoms with Gasteiger partial charge in [0.2, 0.25) is 5.91 Å². The second-order valence-electron chi connectivity index (χ2n) is 9.03. The van der Waals surface area contributed by atoms with Gasteiger partial charge >= 0.3 is 0 Å². The number of anilines is 2. The minimum atomic E-state index is -0.0439. The first-order valence-electron chi connectivity index (χ1n) is 11.7. The molecule has 0 spiro atoms. The third-order valence-electron chi connectivity index (χ3n) is 6.86. The van der Waals surface area contributed by atoms with Gasteiger partial charge < -0.3 is 15.1 Å². The van der Waals surface area contributed by atoms with Gasteiger partial charge in [-0.25, -0.2) is 4.98 Å². The quantitative estimate of drug-likeness (QED) is 0.621. The van der Waals surface area contributed by atoms with Gasteiger partial charge in [-0.05, 0) is 62.7 Å². The lowest BCUT2D eigenvalue weighted by Gasteiger charge is -2.35. The van der Waals surface area contributed by atoms with E-state index in [1.165, 1.54) is 11.5 Å². The Kier molecular flexibility index (Phi) is 6.01. The van der Waals surface area contributed by atoms with Crippen molar-refractivity contribution < 1.29 is 9.59 Å². The van der Waals surface area contributed by atoms with E-state index in [1.807, 2.05) is 43.0 Å². The second-order valence-corrected chi connectivity index (χ2v) is 9.79. The minimum Gasteiger partial charge on any atom is -0.370 e. The summed E-state index contributed by atoms with van der Waals surface area (Å²) in [5, 5.41) is 4.08. The highest BCUT2D eigenvalue weighted by Gasteiger charge is 2.31. The van der Waals surface area contributed by atoms with Crippen LogP contribution in [0.5, 0.6) is 0 Å². The van der Waals surface area contributed by atoms with Crippen LogP contribution in [-0.4, -0.2) is 52.3 Å². The molecular weight excluding hydrogens is 434 g/mol. The van der Waals surface area contributed by atoms with Crippen molar-refractivity contribution >= 4 is 44.9 Å². The summed E-state index contributed by atoms with van der Waals surface area (Å²) in [6, 6.07) is 7.86. The molecule has 0 radical (unpaired) electrons. The number of carbonyl (C=O) groups is 2. The summed E-state index contributed by atoms with van der Waals surface area (Å²) in [4.78, 5) is 35.9. The first kappa shape index (κ1) is 21.8. The Bertz CT molecular complexity index is 1190. The highest BCUT2D eigenvalue weighted by molar-refractivity contribution is 7.13. The molecule has 0 saturated carbocycles. The number of fused-ring (bicyclic) bond motifs is 1. The molecule has 0 aliphatic carbocycles. The van der Waals surface area contributed by atoms with Crippen LogP contribution < -0.4 is 10.2 Å². The Morgan fingerprint density at radius 2 is 1.79 bits per heavy atom. The van der Waals surface area contributed by atoms with Crippen LogP contribution >= 0.6 is 11.5 Å². The van der Waals surface area contributed by atoms with Gasteiger partial charge in [0, 0.05) is 44.0 Å². The van der Waals surface area contributed by atoms with Crippen molar-refractivity contribution in [2.45, 2.75) is 39.5 Å². The van der Waals surface area contributed by atoms with Gasteiger partial charge in [0.15, 0.2) is 0 Å². The van der Waals surface area contributed by atoms with Crippen LogP contribution in [0.3, 0.4) is 0 Å². The number of hydrogen-bond acceptors (Lipinski definition) is 6. The molecule has 7 nitrogen and oxygen atoms in total. The Morgan fingerprint density at radius 1 is 1.06 bits per heavy atom. The summed E-state index contributed by atoms with van der Waals surface area (Å²) in [6.45, 7) is 7.04. The molecule has 3 aromatic rings. The van der Waals surface area contributed by atoms with E-state index in [0.29, 0.717) is 5.56 Å². The van der Waals surface area contributed by atoms with E-state index in [-0.39, 0.29) is 17.7 Å². The van der Waals surface area contributed by atoms with Crippen molar-refractivity contribution in [3.63, 3.8) is 0 Å². The van der Waals surface area contributed by atoms with Crippen molar-refractivity contribution in [2.24, 2.45) is 5.92 Å². The highest BCUT2D eigenvalue weighted by atomic mass is 32.1. The minimum absolute atomic E-state index is 0.0439. The molecular formula is C25H29N5O2S. The number of piperidine rings is 1. The summed E-state index contributed by atoms with van der Waals surface area (Å²) in [7, 11) is 0. The van der Waals surface area contributed by atoms with Gasteiger partial charge in [0.1, 0.15) is 4.83 Å². The van der Waals surface area contributed by atoms with Crippen LogP contribution in [0.15, 0.2) is 30.5 Å². The third kappa shape index (κ3) is 4.19. The number of hydrogen-bond donors (Lipinski definition) is 1. The number of likely N-dealkylation sites (tertiary alicyclic amines) is 1. The molecule has 0 unspecified atom stereocenters. The van der Waals surface area contributed by atoms with Crippen molar-refractivity contribution in [3.8, 4) is 0 Å². The predicted molar refractivity (Wildman–Crippen MR) is 132 cm³/mol. The van der Waals surface area contributed by atoms with Gasteiger partial charge in [-0.3, -0.25) is 9.59 Å². The van der Waals surface area contributed by atoms with E-state index in [0.717, 1.165) is 84.7 Å². The first-order chi connectivity index (χ1) is 16.0. The number of nitrogens with zero attached hydrogens (tertiary/aromatic N) is 4. The third-order valence-corrected chi connectivity index (χ3v) is 7.70. The summed E-state index contributed by atoms with van der Waals surface area (Å²) < 4.78 is 4.51. The number of aromatic nitrogens is 2. The summed E-state index contributed by atoms with van der Waals surface area (Å²) in [5.41, 5.74) is 4.46. The zero-order valence-corrected chi connectivity index (χ0v) is 20.0. The number of carbonyl (C=O) groups excluding carboxylic acids is 2. The van der Waals surface area contributed by atoms with Crippen molar-refractivity contribution in [3.05, 3.63) is 47.3 Å². The molecule has 4 heterocycles. The molecule has 2 fully saturated rings. The SMILES string of the molecule is Cc1ccccc1NC(=O)C1CCN(c2c(C(=O)N3CCCC3)cnc3snc(C)c23)CC1. The standard InChI is InChI=1S/C25H29N5O2S/c1-16-7-3-4-8-20(16)27-23(31)18-9-13-29(14-10-18)22-19(25(32)30-11-5-6-12-30)15-26-24-21(22)17(2)28-33-24/h3-4,7-8,15,18H,5-6,9-14H2,1-2H3,(H,27,31). The zero-order chi connectivity index (χ0) is 22.9. The molecule has 5 rings (SSSR count). The highest BCUT2D eigenvalue weighted by Crippen LogP contribution is 2.37. The second kappa shape index (κ2) is 9.09. The van der Waals surface area contributed by atoms with Gasteiger partial charge in [-0.15, -0.1) is 0 Å². The fourth-order valence-corrected chi connectivity index (χ4v) is 5.68. The largest absolute Gasteiger partial charge is 0.370 e. The number of nitrogens with one attached hydrogen (secondary N) is 1. The Labute approximate surface area is 198 Å². The summed E-state index contributed by atoms with van der Waals surface area (Å²) in [5.74, 6) is 0.0881. The molecule has 0 atom stereocenters. The van der Waals surface area contributed by atoms with Crippen LogP contribution in [0, 0.1) is 19.8 Å². The van der Waals surface area contributed by atoms with Gasteiger partial charge in [-0.1, -0.05) is 18.2 Å². The topological polar surface area (TPSA) is 78.4 Å². The zero-order valence-electron chi connectivity index (χ0n) is 19.1. The number of pyridine rings is 1. The molecule has 2 saturated heterocycles. The van der Waals surface area contributed by atoms with E-state index in [4.69, 9.17) is 0 Å². The maximum absolute atomic E-state index is 13.4. The number of amides is 2. The Morgan fingerprint density at radius 3 is 2.52 bits per heavy atom. The maximum Gasteiger partial charge on any atom is 0.257 e. The van der Waals surface area contributed by atoms with E-state index in [2.05, 4.69) is 19.6 Å². The normalized spacial score (nSPS) is 17.0. The molecule has 8 heteroatoms. The van der Waals surface area contributed by atoms with Crippen molar-refractivity contribution in [1.82, 2.24) is 14.3 Å². The van der Waals surface area contributed by atoms with Crippen molar-refractivity contribution in [1.29, 1.82) is 0 Å². The molecule has 33 heavy (non-hydrogen) atoms. The molecule has 2 aliphatic heterocycles. The number of para-hydroxylation sites is 1. The molecule has 1 aromatic carbocycles. The molecule has 2 amide bonds. The van der Waals surface area contributed by atoms with Gasteiger partial charge in [-0.2, -0.15) is 4.37 Å². The first-order valence-corrected chi connectivity index (χ1v) is 12.5. The van der Waals surface area contributed by atoms with E-state index < -0.39 is 0 Å². The lowest BCUT2D eigenvalue weighted by molar-refractivity contribution is -0.120. The maximum atomic E-state index is 13.4. The van der Waals surface area contributed by atoms with Gasteiger partial charge in [0.05, 0.1) is 22.3 Å². The van der Waals surface area contributed by atoms with E-state index >= 15 is 0 Å². The van der Waals surface area contributed by atoms with Crippen LogP contribution in [-0.2, 0) is 4.79 Å². The van der Waals surface area contributed by atoms with Crippen molar-refractivity contribution in [2.75, 3.05) is 36.4 Å². The average molecular weight is 464 g/mol. The molecule has 2 aliphatic rings.